The summed E-state index contributed by atoms with van der Waals surface area (Å²) in [5.74, 6) is 0.753. The fourth-order valence-electron chi connectivity index (χ4n) is 1.32. The number of rotatable bonds is 6. The summed E-state index contributed by atoms with van der Waals surface area (Å²) in [6.45, 7) is 10.2. The fourth-order valence-corrected chi connectivity index (χ4v) is 1.32. The maximum atomic E-state index is 10.2. The molecule has 0 aliphatic carbocycles. The first-order valence-corrected chi connectivity index (χ1v) is 6.41. The molecule has 1 unspecified atom stereocenters. The fraction of sp³-hybridized carbons (Fsp3) is 0.643. The summed E-state index contributed by atoms with van der Waals surface area (Å²) < 4.78 is 5.62. The highest BCUT2D eigenvalue weighted by Gasteiger charge is 2.24. The minimum atomic E-state index is -0.759. The van der Waals surface area contributed by atoms with Gasteiger partial charge < -0.3 is 15.2 Å². The molecule has 18 heavy (non-hydrogen) atoms. The number of hydrogen-bond acceptors (Lipinski definition) is 4. The van der Waals surface area contributed by atoms with Crippen molar-refractivity contribution in [3.05, 3.63) is 18.3 Å². The molecule has 1 heterocycles. The highest BCUT2D eigenvalue weighted by Crippen LogP contribution is 2.24. The number of ether oxygens (including phenoxy) is 1. The summed E-state index contributed by atoms with van der Waals surface area (Å²) in [5, 5.41) is 13.4. The summed E-state index contributed by atoms with van der Waals surface area (Å²) in [7, 11) is 0. The van der Waals surface area contributed by atoms with Crippen LogP contribution < -0.4 is 10.1 Å². The van der Waals surface area contributed by atoms with E-state index in [1.165, 1.54) is 0 Å². The number of pyridine rings is 1. The van der Waals surface area contributed by atoms with Gasteiger partial charge in [-0.25, -0.2) is 4.98 Å². The molecule has 0 bridgehead atoms. The van der Waals surface area contributed by atoms with E-state index in [4.69, 9.17) is 4.74 Å². The number of hydrogen-bond donors (Lipinski definition) is 2. The average molecular weight is 252 g/mol. The van der Waals surface area contributed by atoms with Crippen LogP contribution in [0, 0.1) is 5.92 Å². The van der Waals surface area contributed by atoms with Gasteiger partial charge in [0.25, 0.3) is 0 Å². The zero-order chi connectivity index (χ0) is 13.8. The first kappa shape index (κ1) is 14.8. The molecule has 0 aliphatic rings. The Kier molecular flexibility index (Phi) is 4.96. The number of aromatic nitrogens is 1. The van der Waals surface area contributed by atoms with Crippen molar-refractivity contribution < 1.29 is 9.84 Å². The number of anilines is 1. The van der Waals surface area contributed by atoms with Gasteiger partial charge in [-0.2, -0.15) is 0 Å². The van der Waals surface area contributed by atoms with Crippen LogP contribution in [0.2, 0.25) is 0 Å². The van der Waals surface area contributed by atoms with Crippen molar-refractivity contribution in [1.29, 1.82) is 0 Å². The second-order valence-electron chi connectivity index (χ2n) is 5.39. The third kappa shape index (κ3) is 4.18. The summed E-state index contributed by atoms with van der Waals surface area (Å²) in [6.07, 6.45) is 1.77. The molecule has 0 aliphatic heterocycles. The molecule has 0 amide bonds. The molecule has 1 rings (SSSR count). The molecule has 1 aromatic heterocycles. The lowest BCUT2D eigenvalue weighted by Crippen LogP contribution is -2.38. The first-order valence-electron chi connectivity index (χ1n) is 6.41. The highest BCUT2D eigenvalue weighted by atomic mass is 16.5. The van der Waals surface area contributed by atoms with Gasteiger partial charge in [0.1, 0.15) is 0 Å². The van der Waals surface area contributed by atoms with Gasteiger partial charge in [0.15, 0.2) is 0 Å². The Balaban J connectivity index is 2.73. The van der Waals surface area contributed by atoms with E-state index in [0.717, 1.165) is 5.69 Å². The Labute approximate surface area is 109 Å². The number of nitrogens with one attached hydrogen (secondary N) is 1. The minimum absolute atomic E-state index is 0.0751. The molecular weight excluding hydrogens is 228 g/mol. The van der Waals surface area contributed by atoms with Crippen LogP contribution in [-0.4, -0.2) is 28.3 Å². The van der Waals surface area contributed by atoms with Crippen LogP contribution in [0.1, 0.15) is 34.6 Å². The van der Waals surface area contributed by atoms with Crippen molar-refractivity contribution >= 4 is 5.69 Å². The maximum absolute atomic E-state index is 10.2. The van der Waals surface area contributed by atoms with Crippen molar-refractivity contribution in [2.24, 2.45) is 5.92 Å². The minimum Gasteiger partial charge on any atom is -0.473 e. The predicted molar refractivity (Wildman–Crippen MR) is 74.0 cm³/mol. The molecule has 0 saturated carbocycles. The molecule has 0 radical (unpaired) electrons. The number of nitrogens with zero attached hydrogens (tertiary/aromatic N) is 1. The topological polar surface area (TPSA) is 54.4 Å². The van der Waals surface area contributed by atoms with E-state index in [1.807, 2.05) is 46.8 Å². The van der Waals surface area contributed by atoms with Crippen LogP contribution in [0.15, 0.2) is 18.3 Å². The molecule has 102 valence electrons. The van der Waals surface area contributed by atoms with E-state index >= 15 is 0 Å². The zero-order valence-corrected chi connectivity index (χ0v) is 11.9. The second-order valence-corrected chi connectivity index (χ2v) is 5.39. The van der Waals surface area contributed by atoms with Gasteiger partial charge in [-0.1, -0.05) is 13.8 Å². The maximum Gasteiger partial charge on any atom is 0.237 e. The molecule has 0 fully saturated rings. The largest absolute Gasteiger partial charge is 0.473 e. The average Bonchev–Trinajstić information content (AvgIpc) is 2.27. The van der Waals surface area contributed by atoms with Gasteiger partial charge >= 0.3 is 0 Å². The van der Waals surface area contributed by atoms with E-state index in [0.29, 0.717) is 12.4 Å². The lowest BCUT2D eigenvalue weighted by atomic mass is 9.92. The Bertz CT molecular complexity index is 376. The zero-order valence-electron chi connectivity index (χ0n) is 11.9. The van der Waals surface area contributed by atoms with Crippen molar-refractivity contribution in [1.82, 2.24) is 4.98 Å². The van der Waals surface area contributed by atoms with Gasteiger partial charge in [-0.3, -0.25) is 0 Å². The molecule has 0 aromatic carbocycles. The molecule has 1 aromatic rings. The van der Waals surface area contributed by atoms with E-state index in [-0.39, 0.29) is 12.0 Å². The molecule has 0 spiro atoms. The van der Waals surface area contributed by atoms with Gasteiger partial charge in [0, 0.05) is 12.7 Å². The molecule has 1 atom stereocenters. The molecule has 0 saturated heterocycles. The Hall–Kier alpha value is -1.29. The highest BCUT2D eigenvalue weighted by molar-refractivity contribution is 5.52. The van der Waals surface area contributed by atoms with Crippen LogP contribution >= 0.6 is 0 Å². The monoisotopic (exact) mass is 252 g/mol. The summed E-state index contributed by atoms with van der Waals surface area (Å²) in [4.78, 5) is 4.20. The summed E-state index contributed by atoms with van der Waals surface area (Å²) in [5.41, 5.74) is 0.0532. The number of aliphatic hydroxyl groups is 1. The first-order chi connectivity index (χ1) is 8.33. The quantitative estimate of drug-likeness (QED) is 0.817. The smallest absolute Gasteiger partial charge is 0.237 e. The molecule has 4 nitrogen and oxygen atoms in total. The lowest BCUT2D eigenvalue weighted by molar-refractivity contribution is 0.0266. The third-order valence-corrected chi connectivity index (χ3v) is 3.00. The van der Waals surface area contributed by atoms with E-state index in [9.17, 15) is 5.11 Å². The van der Waals surface area contributed by atoms with Crippen LogP contribution in [-0.2, 0) is 0 Å². The Morgan fingerprint density at radius 2 is 2.06 bits per heavy atom. The van der Waals surface area contributed by atoms with Crippen molar-refractivity contribution in [3.8, 4) is 5.88 Å². The lowest BCUT2D eigenvalue weighted by Gasteiger charge is -2.28. The standard InChI is InChI=1S/C14H24N2O2/c1-10(2)14(5,17)9-16-12-7-6-8-15-13(12)18-11(3)4/h6-8,10-11,16-17H,9H2,1-5H3. The second kappa shape index (κ2) is 6.05. The molecular formula is C14H24N2O2. The summed E-state index contributed by atoms with van der Waals surface area (Å²) in [6, 6.07) is 3.75. The van der Waals surface area contributed by atoms with Gasteiger partial charge in [-0.05, 0) is 38.8 Å². The molecule has 2 N–H and O–H groups in total. The van der Waals surface area contributed by atoms with Gasteiger partial charge in [-0.15, -0.1) is 0 Å². The van der Waals surface area contributed by atoms with E-state index in [1.54, 1.807) is 6.20 Å². The van der Waals surface area contributed by atoms with Crippen LogP contribution in [0.5, 0.6) is 5.88 Å². The predicted octanol–water partition coefficient (Wildman–Crippen LogP) is 2.69. The van der Waals surface area contributed by atoms with Crippen molar-refractivity contribution in [2.45, 2.75) is 46.3 Å². The van der Waals surface area contributed by atoms with E-state index < -0.39 is 5.60 Å². The van der Waals surface area contributed by atoms with Gasteiger partial charge in [0.05, 0.1) is 17.4 Å². The third-order valence-electron chi connectivity index (χ3n) is 3.00. The van der Waals surface area contributed by atoms with Crippen LogP contribution in [0.4, 0.5) is 5.69 Å². The van der Waals surface area contributed by atoms with Gasteiger partial charge in [0.2, 0.25) is 5.88 Å². The SMILES string of the molecule is CC(C)Oc1ncccc1NCC(C)(O)C(C)C. The van der Waals surface area contributed by atoms with Crippen LogP contribution in [0.3, 0.4) is 0 Å². The summed E-state index contributed by atoms with van der Waals surface area (Å²) >= 11 is 0. The molecule has 4 heteroatoms. The Morgan fingerprint density at radius 1 is 1.39 bits per heavy atom. The van der Waals surface area contributed by atoms with Crippen LogP contribution in [0.25, 0.3) is 0 Å². The van der Waals surface area contributed by atoms with Crippen molar-refractivity contribution in [3.63, 3.8) is 0 Å². The Morgan fingerprint density at radius 3 is 2.61 bits per heavy atom. The van der Waals surface area contributed by atoms with E-state index in [2.05, 4.69) is 10.3 Å². The normalized spacial score (nSPS) is 14.7. The van der Waals surface area contributed by atoms with Crippen molar-refractivity contribution in [2.75, 3.05) is 11.9 Å².